The lowest BCUT2D eigenvalue weighted by Crippen LogP contribution is -2.28. The minimum absolute atomic E-state index is 0.0553. The molecule has 1 heterocycles. The standard InChI is InChI=1S/C15H12BrN3O/c1-19(14-6-5-12(9-17)10-18-14)15(20)8-11-3-2-4-13(16)7-11/h2-7,10H,8H2,1H3. The Morgan fingerprint density at radius 1 is 1.40 bits per heavy atom. The first-order valence-corrected chi connectivity index (χ1v) is 6.76. The van der Waals surface area contributed by atoms with Crippen molar-refractivity contribution >= 4 is 27.7 Å². The summed E-state index contributed by atoms with van der Waals surface area (Å²) in [6.45, 7) is 0. The highest BCUT2D eigenvalue weighted by molar-refractivity contribution is 9.10. The molecule has 0 spiro atoms. The fourth-order valence-electron chi connectivity index (χ4n) is 1.72. The van der Waals surface area contributed by atoms with Gasteiger partial charge in [-0.25, -0.2) is 4.98 Å². The predicted octanol–water partition coefficient (Wildman–Crippen LogP) is 2.92. The van der Waals surface area contributed by atoms with E-state index in [2.05, 4.69) is 20.9 Å². The van der Waals surface area contributed by atoms with Crippen molar-refractivity contribution in [2.24, 2.45) is 0 Å². The Hall–Kier alpha value is -2.19. The molecule has 4 nitrogen and oxygen atoms in total. The molecule has 20 heavy (non-hydrogen) atoms. The molecule has 100 valence electrons. The van der Waals surface area contributed by atoms with Gasteiger partial charge in [-0.15, -0.1) is 0 Å². The molecule has 2 aromatic rings. The number of carbonyl (C=O) groups is 1. The van der Waals surface area contributed by atoms with Crippen LogP contribution < -0.4 is 4.90 Å². The molecule has 1 aromatic heterocycles. The van der Waals surface area contributed by atoms with Crippen molar-refractivity contribution in [2.75, 3.05) is 11.9 Å². The lowest BCUT2D eigenvalue weighted by Gasteiger charge is -2.16. The molecular formula is C15H12BrN3O. The Kier molecular flexibility index (Phi) is 4.49. The molecule has 0 aliphatic heterocycles. The summed E-state index contributed by atoms with van der Waals surface area (Å²) in [6.07, 6.45) is 1.76. The van der Waals surface area contributed by atoms with Crippen LogP contribution in [0.5, 0.6) is 0 Å². The SMILES string of the molecule is CN(C(=O)Cc1cccc(Br)c1)c1ccc(C#N)cn1. The molecule has 0 unspecified atom stereocenters. The topological polar surface area (TPSA) is 57.0 Å². The first-order chi connectivity index (χ1) is 9.60. The molecule has 2 rings (SSSR count). The third-order valence-corrected chi connectivity index (χ3v) is 3.33. The maximum Gasteiger partial charge on any atom is 0.232 e. The lowest BCUT2D eigenvalue weighted by molar-refractivity contribution is -0.117. The molecule has 0 N–H and O–H groups in total. The number of nitriles is 1. The molecular weight excluding hydrogens is 318 g/mol. The summed E-state index contributed by atoms with van der Waals surface area (Å²) >= 11 is 3.38. The number of anilines is 1. The van der Waals surface area contributed by atoms with Crippen molar-refractivity contribution in [3.63, 3.8) is 0 Å². The summed E-state index contributed by atoms with van der Waals surface area (Å²) in [5, 5.41) is 8.72. The van der Waals surface area contributed by atoms with Crippen LogP contribution in [0.1, 0.15) is 11.1 Å². The highest BCUT2D eigenvalue weighted by atomic mass is 79.9. The number of nitrogens with zero attached hydrogens (tertiary/aromatic N) is 3. The van der Waals surface area contributed by atoms with E-state index in [1.165, 1.54) is 11.1 Å². The van der Waals surface area contributed by atoms with Gasteiger partial charge in [0.15, 0.2) is 0 Å². The van der Waals surface area contributed by atoms with Crippen molar-refractivity contribution in [1.29, 1.82) is 5.26 Å². The maximum atomic E-state index is 12.2. The Morgan fingerprint density at radius 2 is 2.20 bits per heavy atom. The Balaban J connectivity index is 2.10. The van der Waals surface area contributed by atoms with Crippen LogP contribution in [-0.4, -0.2) is 17.9 Å². The number of hydrogen-bond donors (Lipinski definition) is 0. The van der Waals surface area contributed by atoms with Gasteiger partial charge in [-0.05, 0) is 29.8 Å². The largest absolute Gasteiger partial charge is 0.300 e. The molecule has 5 heteroatoms. The van der Waals surface area contributed by atoms with E-state index < -0.39 is 0 Å². The predicted molar refractivity (Wildman–Crippen MR) is 80.2 cm³/mol. The van der Waals surface area contributed by atoms with Crippen molar-refractivity contribution in [3.8, 4) is 6.07 Å². The monoisotopic (exact) mass is 329 g/mol. The first kappa shape index (κ1) is 14.2. The smallest absolute Gasteiger partial charge is 0.232 e. The number of halogens is 1. The molecule has 0 fully saturated rings. The molecule has 1 aromatic carbocycles. The minimum Gasteiger partial charge on any atom is -0.300 e. The van der Waals surface area contributed by atoms with Crippen LogP contribution in [0, 0.1) is 11.3 Å². The van der Waals surface area contributed by atoms with Crippen LogP contribution in [0.15, 0.2) is 47.1 Å². The van der Waals surface area contributed by atoms with Gasteiger partial charge in [0.25, 0.3) is 0 Å². The van der Waals surface area contributed by atoms with Crippen molar-refractivity contribution in [1.82, 2.24) is 4.98 Å². The van der Waals surface area contributed by atoms with Gasteiger partial charge in [-0.3, -0.25) is 9.69 Å². The highest BCUT2D eigenvalue weighted by Crippen LogP contribution is 2.15. The minimum atomic E-state index is -0.0553. The average molecular weight is 330 g/mol. The summed E-state index contributed by atoms with van der Waals surface area (Å²) in [5.41, 5.74) is 1.41. The maximum absolute atomic E-state index is 12.2. The van der Waals surface area contributed by atoms with Crippen LogP contribution >= 0.6 is 15.9 Å². The second-order valence-corrected chi connectivity index (χ2v) is 5.19. The molecule has 1 amide bonds. The zero-order chi connectivity index (χ0) is 14.5. The summed E-state index contributed by atoms with van der Waals surface area (Å²) in [4.78, 5) is 17.8. The number of carbonyl (C=O) groups excluding carboxylic acids is 1. The number of likely N-dealkylation sites (N-methyl/N-ethyl adjacent to an activating group) is 1. The first-order valence-electron chi connectivity index (χ1n) is 5.97. The molecule has 0 radical (unpaired) electrons. The zero-order valence-electron chi connectivity index (χ0n) is 10.9. The number of benzene rings is 1. The van der Waals surface area contributed by atoms with Gasteiger partial charge in [0.05, 0.1) is 12.0 Å². The molecule has 0 aliphatic carbocycles. The number of hydrogen-bond acceptors (Lipinski definition) is 3. The van der Waals surface area contributed by atoms with Gasteiger partial charge in [0.1, 0.15) is 11.9 Å². The fourth-order valence-corrected chi connectivity index (χ4v) is 2.17. The summed E-state index contributed by atoms with van der Waals surface area (Å²) in [6, 6.07) is 12.9. The van der Waals surface area contributed by atoms with Gasteiger partial charge < -0.3 is 0 Å². The van der Waals surface area contributed by atoms with Crippen LogP contribution in [0.4, 0.5) is 5.82 Å². The van der Waals surface area contributed by atoms with E-state index in [0.29, 0.717) is 17.8 Å². The molecule has 0 saturated carbocycles. The summed E-state index contributed by atoms with van der Waals surface area (Å²) in [5.74, 6) is 0.476. The van der Waals surface area contributed by atoms with Gasteiger partial charge in [-0.1, -0.05) is 28.1 Å². The third kappa shape index (κ3) is 3.43. The Labute approximate surface area is 125 Å². The third-order valence-electron chi connectivity index (χ3n) is 2.84. The number of aromatic nitrogens is 1. The van der Waals surface area contributed by atoms with Gasteiger partial charge in [0.2, 0.25) is 5.91 Å². The Bertz CT molecular complexity index is 662. The van der Waals surface area contributed by atoms with E-state index in [1.807, 2.05) is 30.3 Å². The molecule has 0 aliphatic rings. The average Bonchev–Trinajstić information content (AvgIpc) is 2.46. The van der Waals surface area contributed by atoms with E-state index in [4.69, 9.17) is 5.26 Å². The number of rotatable bonds is 3. The van der Waals surface area contributed by atoms with Crippen molar-refractivity contribution in [2.45, 2.75) is 6.42 Å². The molecule has 0 saturated heterocycles. The van der Waals surface area contributed by atoms with Crippen molar-refractivity contribution < 1.29 is 4.79 Å². The number of pyridine rings is 1. The van der Waals surface area contributed by atoms with Crippen LogP contribution in [0.2, 0.25) is 0 Å². The Morgan fingerprint density at radius 3 is 2.80 bits per heavy atom. The van der Waals surface area contributed by atoms with E-state index in [9.17, 15) is 4.79 Å². The second kappa shape index (κ2) is 6.31. The van der Waals surface area contributed by atoms with E-state index >= 15 is 0 Å². The van der Waals surface area contributed by atoms with Crippen LogP contribution in [0.25, 0.3) is 0 Å². The van der Waals surface area contributed by atoms with E-state index in [0.717, 1.165) is 10.0 Å². The zero-order valence-corrected chi connectivity index (χ0v) is 12.5. The normalized spacial score (nSPS) is 9.85. The van der Waals surface area contributed by atoms with Gasteiger partial charge in [0, 0.05) is 17.7 Å². The molecule has 0 bridgehead atoms. The van der Waals surface area contributed by atoms with Crippen LogP contribution in [0.3, 0.4) is 0 Å². The quantitative estimate of drug-likeness (QED) is 0.869. The van der Waals surface area contributed by atoms with E-state index in [-0.39, 0.29) is 5.91 Å². The van der Waals surface area contributed by atoms with E-state index in [1.54, 1.807) is 19.2 Å². The fraction of sp³-hybridized carbons (Fsp3) is 0.133. The van der Waals surface area contributed by atoms with Gasteiger partial charge >= 0.3 is 0 Å². The highest BCUT2D eigenvalue weighted by Gasteiger charge is 2.12. The summed E-state index contributed by atoms with van der Waals surface area (Å²) in [7, 11) is 1.68. The lowest BCUT2D eigenvalue weighted by atomic mass is 10.1. The van der Waals surface area contributed by atoms with Gasteiger partial charge in [-0.2, -0.15) is 5.26 Å². The summed E-state index contributed by atoms with van der Waals surface area (Å²) < 4.78 is 0.946. The van der Waals surface area contributed by atoms with Crippen molar-refractivity contribution in [3.05, 3.63) is 58.2 Å². The number of amides is 1. The van der Waals surface area contributed by atoms with Crippen LogP contribution in [-0.2, 0) is 11.2 Å². The second-order valence-electron chi connectivity index (χ2n) is 4.28. The molecule has 0 atom stereocenters.